The molecule has 0 bridgehead atoms. The minimum Gasteiger partial charge on any atom is -0.493 e. The zero-order valence-electron chi connectivity index (χ0n) is 18.0. The summed E-state index contributed by atoms with van der Waals surface area (Å²) in [5, 5.41) is 0.550. The Morgan fingerprint density at radius 2 is 1.94 bits per heavy atom. The molecule has 2 aromatic carbocycles. The number of carbonyl (C=O) groups is 1. The fourth-order valence-electron chi connectivity index (χ4n) is 3.49. The molecular formula is C24H19ClN2O5S. The van der Waals surface area contributed by atoms with Crippen LogP contribution in [-0.4, -0.2) is 22.5 Å². The highest BCUT2D eigenvalue weighted by atomic mass is 35.5. The van der Waals surface area contributed by atoms with Gasteiger partial charge in [-0.25, -0.2) is 0 Å². The van der Waals surface area contributed by atoms with Crippen LogP contribution in [0.4, 0.5) is 0 Å². The quantitative estimate of drug-likeness (QED) is 0.321. The van der Waals surface area contributed by atoms with Crippen LogP contribution in [0.1, 0.15) is 29.3 Å². The average molecular weight is 483 g/mol. The molecule has 0 aliphatic rings. The molecule has 168 valence electrons. The van der Waals surface area contributed by atoms with Gasteiger partial charge in [0.05, 0.1) is 11.6 Å². The summed E-state index contributed by atoms with van der Waals surface area (Å²) < 4.78 is 12.3. The third-order valence-corrected chi connectivity index (χ3v) is 6.44. The number of esters is 1. The third-order valence-electron chi connectivity index (χ3n) is 5.10. The van der Waals surface area contributed by atoms with E-state index in [1.54, 1.807) is 37.3 Å². The first-order valence-corrected chi connectivity index (χ1v) is 11.1. The second-order valence-corrected chi connectivity index (χ2v) is 8.70. The van der Waals surface area contributed by atoms with Gasteiger partial charge in [0.1, 0.15) is 0 Å². The molecule has 0 N–H and O–H groups in total. The van der Waals surface area contributed by atoms with E-state index < -0.39 is 5.97 Å². The van der Waals surface area contributed by atoms with Crippen molar-refractivity contribution in [1.29, 1.82) is 0 Å². The van der Waals surface area contributed by atoms with Crippen LogP contribution in [0.25, 0.3) is 11.0 Å². The van der Waals surface area contributed by atoms with Crippen LogP contribution in [0.2, 0.25) is 5.02 Å². The van der Waals surface area contributed by atoms with Gasteiger partial charge in [0.15, 0.2) is 11.5 Å². The molecule has 0 saturated carbocycles. The molecule has 0 spiro atoms. The van der Waals surface area contributed by atoms with Gasteiger partial charge in [0, 0.05) is 29.6 Å². The Hall–Kier alpha value is -3.49. The standard InChI is InChI=1S/C24H19ClN2O5S/c1-13-17(12-16-6-4-5-7-18(16)25)22(29)26-24-27(13)23(30)21(33-24)11-15-8-9-19(32-14(2)28)20(10-15)31-3/h4-11H,12H2,1-3H3/b21-11+. The van der Waals surface area contributed by atoms with Crippen molar-refractivity contribution in [3.8, 4) is 11.5 Å². The van der Waals surface area contributed by atoms with Crippen molar-refractivity contribution in [3.05, 3.63) is 95.1 Å². The number of aryl methyl sites for hydroxylation is 1. The van der Waals surface area contributed by atoms with Gasteiger partial charge in [-0.3, -0.25) is 18.8 Å². The van der Waals surface area contributed by atoms with Crippen molar-refractivity contribution in [3.63, 3.8) is 0 Å². The van der Waals surface area contributed by atoms with Crippen molar-refractivity contribution in [2.75, 3.05) is 7.11 Å². The highest BCUT2D eigenvalue weighted by molar-refractivity contribution is 7.15. The van der Waals surface area contributed by atoms with Gasteiger partial charge in [0.25, 0.3) is 11.1 Å². The summed E-state index contributed by atoms with van der Waals surface area (Å²) >= 11 is 7.38. The lowest BCUT2D eigenvalue weighted by Crippen LogP contribution is -2.27. The summed E-state index contributed by atoms with van der Waals surface area (Å²) in [6, 6.07) is 12.2. The number of nitrogens with zero attached hydrogens (tertiary/aromatic N) is 2. The minimum atomic E-state index is -0.463. The van der Waals surface area contributed by atoms with Crippen molar-refractivity contribution < 1.29 is 14.3 Å². The molecule has 0 atom stereocenters. The Balaban J connectivity index is 1.82. The Morgan fingerprint density at radius 3 is 2.64 bits per heavy atom. The van der Waals surface area contributed by atoms with Crippen molar-refractivity contribution >= 4 is 39.9 Å². The highest BCUT2D eigenvalue weighted by Crippen LogP contribution is 2.28. The Labute approximate surface area is 197 Å². The van der Waals surface area contributed by atoms with Gasteiger partial charge in [-0.1, -0.05) is 47.2 Å². The summed E-state index contributed by atoms with van der Waals surface area (Å²) in [7, 11) is 1.46. The largest absolute Gasteiger partial charge is 0.493 e. The molecule has 33 heavy (non-hydrogen) atoms. The molecule has 0 aliphatic carbocycles. The molecule has 0 unspecified atom stereocenters. The average Bonchev–Trinajstić information content (AvgIpc) is 3.07. The monoisotopic (exact) mass is 482 g/mol. The second-order valence-electron chi connectivity index (χ2n) is 7.29. The number of methoxy groups -OCH3 is 1. The number of rotatable bonds is 5. The van der Waals surface area contributed by atoms with E-state index in [4.69, 9.17) is 21.1 Å². The van der Waals surface area contributed by atoms with Gasteiger partial charge < -0.3 is 9.47 Å². The minimum absolute atomic E-state index is 0.275. The van der Waals surface area contributed by atoms with Gasteiger partial charge in [0.2, 0.25) is 4.96 Å². The third kappa shape index (κ3) is 4.53. The number of carbonyl (C=O) groups excluding carboxylic acids is 1. The Morgan fingerprint density at radius 1 is 1.18 bits per heavy atom. The first-order chi connectivity index (χ1) is 15.8. The number of ether oxygens (including phenoxy) is 2. The van der Waals surface area contributed by atoms with E-state index in [2.05, 4.69) is 4.98 Å². The number of thiazole rings is 1. The van der Waals surface area contributed by atoms with Crippen LogP contribution >= 0.6 is 22.9 Å². The summed E-state index contributed by atoms with van der Waals surface area (Å²) in [5.41, 5.74) is 1.76. The predicted octanol–water partition coefficient (Wildman–Crippen LogP) is 3.15. The van der Waals surface area contributed by atoms with E-state index in [9.17, 15) is 14.4 Å². The summed E-state index contributed by atoms with van der Waals surface area (Å²) in [4.78, 5) is 41.6. The highest BCUT2D eigenvalue weighted by Gasteiger charge is 2.16. The molecule has 4 rings (SSSR count). The molecule has 4 aromatic rings. The van der Waals surface area contributed by atoms with Crippen LogP contribution in [0.5, 0.6) is 11.5 Å². The molecule has 2 aromatic heterocycles. The number of halogens is 1. The van der Waals surface area contributed by atoms with E-state index in [0.29, 0.717) is 37.1 Å². The number of hydrogen-bond donors (Lipinski definition) is 0. The van der Waals surface area contributed by atoms with E-state index >= 15 is 0 Å². The zero-order chi connectivity index (χ0) is 23.7. The van der Waals surface area contributed by atoms with Gasteiger partial charge in [-0.05, 0) is 42.3 Å². The molecule has 2 heterocycles. The number of hydrogen-bond acceptors (Lipinski definition) is 7. The fraction of sp³-hybridized carbons (Fsp3) is 0.167. The van der Waals surface area contributed by atoms with Crippen LogP contribution in [0.15, 0.2) is 52.1 Å². The van der Waals surface area contributed by atoms with E-state index in [1.807, 2.05) is 18.2 Å². The molecule has 7 nitrogen and oxygen atoms in total. The predicted molar refractivity (Wildman–Crippen MR) is 128 cm³/mol. The SMILES string of the molecule is COc1cc(/C=c2/sc3nc(=O)c(Cc4ccccc4Cl)c(C)n3c2=O)ccc1OC(C)=O. The zero-order valence-corrected chi connectivity index (χ0v) is 19.6. The lowest BCUT2D eigenvalue weighted by molar-refractivity contribution is -0.132. The molecule has 0 amide bonds. The normalized spacial score (nSPS) is 11.7. The molecule has 0 saturated heterocycles. The van der Waals surface area contributed by atoms with Crippen molar-refractivity contribution in [2.24, 2.45) is 0 Å². The molecular weight excluding hydrogens is 464 g/mol. The van der Waals surface area contributed by atoms with E-state index in [0.717, 1.165) is 16.9 Å². The first kappa shape index (κ1) is 22.7. The van der Waals surface area contributed by atoms with Gasteiger partial charge in [-0.15, -0.1) is 0 Å². The lowest BCUT2D eigenvalue weighted by Gasteiger charge is -2.08. The fourth-order valence-corrected chi connectivity index (χ4v) is 4.70. The molecule has 0 fully saturated rings. The number of fused-ring (bicyclic) bond motifs is 1. The van der Waals surface area contributed by atoms with Crippen LogP contribution in [-0.2, 0) is 11.2 Å². The summed E-state index contributed by atoms with van der Waals surface area (Å²) in [6.07, 6.45) is 1.96. The maximum absolute atomic E-state index is 13.2. The molecule has 0 aliphatic heterocycles. The van der Waals surface area contributed by atoms with Gasteiger partial charge >= 0.3 is 5.97 Å². The van der Waals surface area contributed by atoms with Gasteiger partial charge in [-0.2, -0.15) is 4.98 Å². The maximum atomic E-state index is 13.2. The van der Waals surface area contributed by atoms with Crippen molar-refractivity contribution in [2.45, 2.75) is 20.3 Å². The van der Waals surface area contributed by atoms with Crippen LogP contribution < -0.4 is 25.1 Å². The topological polar surface area (TPSA) is 87.0 Å². The smallest absolute Gasteiger partial charge is 0.308 e. The number of aromatic nitrogens is 2. The number of benzene rings is 2. The van der Waals surface area contributed by atoms with Crippen molar-refractivity contribution in [1.82, 2.24) is 9.38 Å². The summed E-state index contributed by atoms with van der Waals surface area (Å²) in [5.74, 6) is 0.182. The molecule has 9 heteroatoms. The Bertz CT molecular complexity index is 1560. The van der Waals surface area contributed by atoms with Crippen LogP contribution in [0, 0.1) is 6.92 Å². The second kappa shape index (κ2) is 9.17. The van der Waals surface area contributed by atoms with E-state index in [-0.39, 0.29) is 23.3 Å². The van der Waals surface area contributed by atoms with E-state index in [1.165, 1.54) is 18.4 Å². The lowest BCUT2D eigenvalue weighted by atomic mass is 10.1. The first-order valence-electron chi connectivity index (χ1n) is 9.95. The molecule has 0 radical (unpaired) electrons. The summed E-state index contributed by atoms with van der Waals surface area (Å²) in [6.45, 7) is 3.04. The Kier molecular flexibility index (Phi) is 6.31. The maximum Gasteiger partial charge on any atom is 0.308 e. The van der Waals surface area contributed by atoms with Crippen LogP contribution in [0.3, 0.4) is 0 Å².